The van der Waals surface area contributed by atoms with Gasteiger partial charge in [0.05, 0.1) is 39.5 Å². The number of H-pyrrole nitrogens is 1. The highest BCUT2D eigenvalue weighted by Gasteiger charge is 2.80. The van der Waals surface area contributed by atoms with Crippen molar-refractivity contribution in [1.29, 1.82) is 0 Å². The lowest BCUT2D eigenvalue weighted by atomic mass is 9.47. The van der Waals surface area contributed by atoms with Crippen molar-refractivity contribution in [1.82, 2.24) is 20.1 Å². The van der Waals surface area contributed by atoms with Crippen LogP contribution in [0.3, 0.4) is 0 Å². The smallest absolute Gasteiger partial charge is 0.344 e. The Bertz CT molecular complexity index is 2860. The van der Waals surface area contributed by atoms with Crippen LogP contribution in [0, 0.1) is 11.3 Å². The lowest BCUT2D eigenvalue weighted by Gasteiger charge is -2.63. The summed E-state index contributed by atoms with van der Waals surface area (Å²) in [5, 5.41) is 18.1. The number of esters is 3. The molecule has 1 aromatic heterocycles. The Morgan fingerprint density at radius 2 is 1.73 bits per heavy atom. The van der Waals surface area contributed by atoms with Gasteiger partial charge in [0.25, 0.3) is 5.91 Å². The van der Waals surface area contributed by atoms with Crippen LogP contribution in [0.15, 0.2) is 66.7 Å². The number of aromatic amines is 1. The molecule has 370 valence electrons. The van der Waals surface area contributed by atoms with E-state index in [1.54, 1.807) is 7.11 Å². The number of nitrogens with one attached hydrogen (secondary N) is 2. The maximum atomic E-state index is 15.8. The largest absolute Gasteiger partial charge is 0.496 e. The number of carbonyl (C=O) groups is 4. The summed E-state index contributed by atoms with van der Waals surface area (Å²) in [6.07, 6.45) is 6.76. The molecule has 4 aromatic rings. The van der Waals surface area contributed by atoms with Crippen molar-refractivity contribution >= 4 is 40.4 Å². The standard InChI is InChI=1S/C55H65N5O10/c1-8-51(57-45(62)35-15-16-42-34(25-35)18-24-69-42)28-33-29-54(49(63)67-6,44-37(17-22-59(30-33)31-51)36-13-10-11-14-40(36)56-44)39-26-38-41(27-43(39)66-5)58(4)47-53(38)20-23-60-21-12-19-52(9-2,46(53)60)48(70-32(3)61)55(47,65)50(64)68-7/h10-16,19,25-27,33,46-48,56,65H,8-9,17-18,20-24,28-31H2,1-7H3,(H,57,62)/t33-,46+,47-,48-,51+,52-,53-,54+,55+/m1/s1. The summed E-state index contributed by atoms with van der Waals surface area (Å²) in [7, 11) is 6.17. The Hall–Kier alpha value is -5.90. The first kappa shape index (κ1) is 46.5. The van der Waals surface area contributed by atoms with Crippen molar-refractivity contribution in [3.63, 3.8) is 0 Å². The van der Waals surface area contributed by atoms with E-state index in [0.717, 1.165) is 51.1 Å². The first-order chi connectivity index (χ1) is 33.7. The molecular formula is C55H65N5O10. The van der Waals surface area contributed by atoms with Crippen LogP contribution in [0.4, 0.5) is 5.69 Å². The predicted molar refractivity (Wildman–Crippen MR) is 261 cm³/mol. The molecule has 0 radical (unpaired) electrons. The number of nitrogens with zero attached hydrogens (tertiary/aromatic N) is 3. The third-order valence-corrected chi connectivity index (χ3v) is 18.0. The molecule has 10 atom stereocenters. The molecular weight excluding hydrogens is 891 g/mol. The summed E-state index contributed by atoms with van der Waals surface area (Å²) < 4.78 is 30.1. The number of hydrogen-bond donors (Lipinski definition) is 3. The van der Waals surface area contributed by atoms with Crippen molar-refractivity contribution in [2.75, 3.05) is 72.6 Å². The van der Waals surface area contributed by atoms with Crippen LogP contribution >= 0.6 is 0 Å². The number of aromatic nitrogens is 1. The summed E-state index contributed by atoms with van der Waals surface area (Å²) in [6, 6.07) is 16.6. The summed E-state index contributed by atoms with van der Waals surface area (Å²) >= 11 is 0. The fourth-order valence-electron chi connectivity index (χ4n) is 15.4. The van der Waals surface area contributed by atoms with Gasteiger partial charge in [-0.2, -0.15) is 0 Å². The highest BCUT2D eigenvalue weighted by atomic mass is 16.6. The number of ether oxygens (including phenoxy) is 5. The van der Waals surface area contributed by atoms with Gasteiger partial charge in [0.2, 0.25) is 5.60 Å². The second-order valence-electron chi connectivity index (χ2n) is 21.1. The molecule has 7 heterocycles. The zero-order valence-corrected chi connectivity index (χ0v) is 41.3. The Balaban J connectivity index is 1.13. The molecule has 15 heteroatoms. The molecule has 3 aromatic carbocycles. The van der Waals surface area contributed by atoms with Gasteiger partial charge in [-0.05, 0) is 98.0 Å². The van der Waals surface area contributed by atoms with E-state index in [1.165, 1.54) is 21.1 Å². The molecule has 15 nitrogen and oxygen atoms in total. The van der Waals surface area contributed by atoms with Crippen LogP contribution in [0.25, 0.3) is 10.9 Å². The number of methoxy groups -OCH3 is 3. The number of aliphatic hydroxyl groups is 1. The van der Waals surface area contributed by atoms with Gasteiger partial charge in [-0.15, -0.1) is 0 Å². The highest BCUT2D eigenvalue weighted by molar-refractivity contribution is 5.96. The lowest BCUT2D eigenvalue weighted by molar-refractivity contribution is -0.228. The molecule has 3 fully saturated rings. The van der Waals surface area contributed by atoms with Gasteiger partial charge >= 0.3 is 17.9 Å². The van der Waals surface area contributed by atoms with Gasteiger partial charge in [-0.1, -0.05) is 44.2 Å². The molecule has 2 saturated heterocycles. The molecule has 1 aliphatic carbocycles. The normalized spacial score (nSPS) is 33.5. The SMILES string of the molecule is CC[C@]1(NC(=O)c2ccc3c(c2)CCO3)C[C@H]2CN(CCc3c([nH]c4ccccc34)[C@@](C(=O)OC)(c3cc4c(cc3OC)N(C)[C@H]3[C@@](O)(C(=O)OC)[C@H](OC(C)=O)[C@]5(CC)C=CCN6CC[C@]43[C@@H]65)C2)C1. The van der Waals surface area contributed by atoms with E-state index >= 15 is 4.79 Å². The van der Waals surface area contributed by atoms with Gasteiger partial charge < -0.3 is 48.9 Å². The van der Waals surface area contributed by atoms with E-state index in [-0.39, 0.29) is 17.9 Å². The number of hydrogen-bond acceptors (Lipinski definition) is 13. The number of para-hydroxylation sites is 1. The first-order valence-electron chi connectivity index (χ1n) is 25.0. The van der Waals surface area contributed by atoms with E-state index < -0.39 is 57.4 Å². The Kier molecular flexibility index (Phi) is 11.0. The van der Waals surface area contributed by atoms with Crippen LogP contribution < -0.4 is 19.7 Å². The number of rotatable bonds is 9. The minimum absolute atomic E-state index is 0.132. The van der Waals surface area contributed by atoms with Crippen molar-refractivity contribution in [3.8, 4) is 11.5 Å². The fraction of sp³-hybridized carbons (Fsp3) is 0.527. The molecule has 2 bridgehead atoms. The van der Waals surface area contributed by atoms with Crippen LogP contribution in [0.2, 0.25) is 0 Å². The monoisotopic (exact) mass is 955 g/mol. The van der Waals surface area contributed by atoms with Crippen molar-refractivity contribution in [2.24, 2.45) is 11.3 Å². The maximum Gasteiger partial charge on any atom is 0.344 e. The third-order valence-electron chi connectivity index (χ3n) is 18.0. The third kappa shape index (κ3) is 6.28. The van der Waals surface area contributed by atoms with Gasteiger partial charge in [0, 0.05) is 103 Å². The van der Waals surface area contributed by atoms with Gasteiger partial charge in [0.15, 0.2) is 6.10 Å². The maximum absolute atomic E-state index is 15.8. The van der Waals surface area contributed by atoms with E-state index in [9.17, 15) is 19.5 Å². The molecule has 7 aliphatic rings. The zero-order chi connectivity index (χ0) is 49.1. The minimum Gasteiger partial charge on any atom is -0.496 e. The number of fused-ring (bicyclic) bond motifs is 7. The van der Waals surface area contributed by atoms with Crippen molar-refractivity contribution in [2.45, 2.75) is 106 Å². The Morgan fingerprint density at radius 1 is 0.929 bits per heavy atom. The average molecular weight is 956 g/mol. The molecule has 1 amide bonds. The summed E-state index contributed by atoms with van der Waals surface area (Å²) in [6.45, 7) is 9.34. The molecule has 6 aliphatic heterocycles. The summed E-state index contributed by atoms with van der Waals surface area (Å²) in [5.41, 5.74) is 0.0580. The molecule has 3 N–H and O–H groups in total. The predicted octanol–water partition coefficient (Wildman–Crippen LogP) is 5.36. The van der Waals surface area contributed by atoms with Gasteiger partial charge in [-0.25, -0.2) is 4.79 Å². The van der Waals surface area contributed by atoms with E-state index in [0.29, 0.717) is 94.7 Å². The topological polar surface area (TPSA) is 172 Å². The van der Waals surface area contributed by atoms with Crippen LogP contribution in [0.5, 0.6) is 11.5 Å². The van der Waals surface area contributed by atoms with E-state index in [1.807, 2.05) is 61.3 Å². The first-order valence-corrected chi connectivity index (χ1v) is 25.0. The number of carbonyl (C=O) groups excluding carboxylic acids is 4. The molecule has 70 heavy (non-hydrogen) atoms. The zero-order valence-electron chi connectivity index (χ0n) is 41.3. The van der Waals surface area contributed by atoms with Crippen molar-refractivity contribution < 1.29 is 48.0 Å². The van der Waals surface area contributed by atoms with Crippen LogP contribution in [-0.2, 0) is 52.3 Å². The highest BCUT2D eigenvalue weighted by Crippen LogP contribution is 2.68. The molecule has 11 rings (SSSR count). The molecule has 1 unspecified atom stereocenters. The number of amides is 1. The Labute approximate surface area is 408 Å². The van der Waals surface area contributed by atoms with E-state index in [2.05, 4.69) is 51.3 Å². The lowest BCUT2D eigenvalue weighted by Crippen LogP contribution is -2.81. The Morgan fingerprint density at radius 3 is 2.47 bits per heavy atom. The van der Waals surface area contributed by atoms with Crippen LogP contribution in [0.1, 0.15) is 91.2 Å². The average Bonchev–Trinajstić information content (AvgIpc) is 4.16. The second kappa shape index (κ2) is 16.6. The molecule has 1 saturated carbocycles. The quantitative estimate of drug-likeness (QED) is 0.111. The van der Waals surface area contributed by atoms with Crippen molar-refractivity contribution in [3.05, 3.63) is 100 Å². The minimum atomic E-state index is -2.33. The summed E-state index contributed by atoms with van der Waals surface area (Å²) in [4.78, 5) is 68.5. The number of piperidine rings is 1. The second-order valence-corrected chi connectivity index (χ2v) is 21.1. The summed E-state index contributed by atoms with van der Waals surface area (Å²) in [5.74, 6) is -0.958. The fourth-order valence-corrected chi connectivity index (χ4v) is 15.4. The molecule has 1 spiro atoms. The number of anilines is 1. The number of likely N-dealkylation sites (N-methyl/N-ethyl adjacent to an activating group) is 1. The van der Waals surface area contributed by atoms with Gasteiger partial charge in [0.1, 0.15) is 16.9 Å². The van der Waals surface area contributed by atoms with Crippen LogP contribution in [-0.4, -0.2) is 141 Å². The van der Waals surface area contributed by atoms with Gasteiger partial charge in [-0.3, -0.25) is 19.3 Å². The number of benzene rings is 3. The van der Waals surface area contributed by atoms with E-state index in [4.69, 9.17) is 23.7 Å².